The third-order valence-corrected chi connectivity index (χ3v) is 4.49. The van der Waals surface area contributed by atoms with Gasteiger partial charge in [0.05, 0.1) is 18.8 Å². The van der Waals surface area contributed by atoms with Crippen molar-refractivity contribution in [2.45, 2.75) is 31.1 Å². The molecule has 0 aliphatic carbocycles. The molecule has 0 radical (unpaired) electrons. The molecule has 24 heavy (non-hydrogen) atoms. The van der Waals surface area contributed by atoms with Crippen molar-refractivity contribution in [2.24, 2.45) is 5.73 Å². The van der Waals surface area contributed by atoms with Crippen LogP contribution in [0.2, 0.25) is 5.02 Å². The van der Waals surface area contributed by atoms with Crippen LogP contribution in [0.5, 0.6) is 5.75 Å². The molecule has 1 aliphatic rings. The fraction of sp³-hybridized carbons (Fsp3) is 0.368. The first kappa shape index (κ1) is 17.2. The highest BCUT2D eigenvalue weighted by atomic mass is 35.5. The Kier molecular flexibility index (Phi) is 5.74. The van der Waals surface area contributed by atoms with Gasteiger partial charge in [-0.1, -0.05) is 35.9 Å². The normalized spacial score (nSPS) is 20.4. The average molecular weight is 348 g/mol. The van der Waals surface area contributed by atoms with Gasteiger partial charge in [0.2, 0.25) is 0 Å². The first-order valence-corrected chi connectivity index (χ1v) is 8.55. The Bertz CT molecular complexity index is 639. The highest BCUT2D eigenvalue weighted by molar-refractivity contribution is 6.30. The van der Waals surface area contributed by atoms with E-state index in [9.17, 15) is 5.11 Å². The molecule has 2 aromatic rings. The van der Waals surface area contributed by atoms with Gasteiger partial charge in [-0.05, 0) is 48.2 Å². The van der Waals surface area contributed by atoms with Gasteiger partial charge in [0.25, 0.3) is 0 Å². The molecule has 4 nitrogen and oxygen atoms in total. The molecule has 5 heteroatoms. The monoisotopic (exact) mass is 347 g/mol. The van der Waals surface area contributed by atoms with E-state index >= 15 is 0 Å². The molecule has 0 spiro atoms. The fourth-order valence-corrected chi connectivity index (χ4v) is 2.94. The van der Waals surface area contributed by atoms with Crippen LogP contribution in [0.15, 0.2) is 48.5 Å². The number of aliphatic hydroxyl groups is 1. The van der Waals surface area contributed by atoms with Crippen LogP contribution in [-0.2, 0) is 4.74 Å². The van der Waals surface area contributed by atoms with Crippen molar-refractivity contribution in [2.75, 3.05) is 13.2 Å². The second kappa shape index (κ2) is 7.99. The van der Waals surface area contributed by atoms with Gasteiger partial charge in [0, 0.05) is 11.6 Å². The first-order chi connectivity index (χ1) is 11.6. The van der Waals surface area contributed by atoms with E-state index in [-0.39, 0.29) is 6.10 Å². The Hall–Kier alpha value is -1.59. The van der Waals surface area contributed by atoms with Crippen molar-refractivity contribution in [1.29, 1.82) is 0 Å². The van der Waals surface area contributed by atoms with Crippen molar-refractivity contribution in [3.05, 3.63) is 64.7 Å². The molecule has 3 unspecified atom stereocenters. The molecule has 3 N–H and O–H groups in total. The predicted octanol–water partition coefficient (Wildman–Crippen LogP) is 3.63. The van der Waals surface area contributed by atoms with Crippen molar-refractivity contribution in [1.82, 2.24) is 0 Å². The third-order valence-electron chi connectivity index (χ3n) is 4.24. The first-order valence-electron chi connectivity index (χ1n) is 8.17. The number of nitrogens with two attached hydrogens (primary N) is 1. The molecule has 1 aliphatic heterocycles. The smallest absolute Gasteiger partial charge is 0.122 e. The number of hydrogen-bond donors (Lipinski definition) is 2. The minimum Gasteiger partial charge on any atom is -0.488 e. The van der Waals surface area contributed by atoms with Gasteiger partial charge in [-0.3, -0.25) is 0 Å². The third kappa shape index (κ3) is 4.28. The molecule has 1 fully saturated rings. The van der Waals surface area contributed by atoms with Crippen molar-refractivity contribution >= 4 is 11.6 Å². The quantitative estimate of drug-likeness (QED) is 0.866. The number of benzene rings is 2. The Morgan fingerprint density at radius 1 is 1.08 bits per heavy atom. The molecule has 0 bridgehead atoms. The lowest BCUT2D eigenvalue weighted by Crippen LogP contribution is -2.28. The topological polar surface area (TPSA) is 64.7 Å². The summed E-state index contributed by atoms with van der Waals surface area (Å²) in [6.07, 6.45) is 1.34. The summed E-state index contributed by atoms with van der Waals surface area (Å²) in [5.74, 6) is 0.779. The summed E-state index contributed by atoms with van der Waals surface area (Å²) >= 11 is 5.88. The molecule has 3 rings (SSSR count). The van der Waals surface area contributed by atoms with Gasteiger partial charge in [-0.15, -0.1) is 0 Å². The van der Waals surface area contributed by atoms with Crippen molar-refractivity contribution in [3.63, 3.8) is 0 Å². The molecule has 0 amide bonds. The van der Waals surface area contributed by atoms with Crippen LogP contribution in [0, 0.1) is 0 Å². The molecular weight excluding hydrogens is 326 g/mol. The minimum absolute atomic E-state index is 0.103. The van der Waals surface area contributed by atoms with Crippen LogP contribution in [0.25, 0.3) is 0 Å². The number of ether oxygens (including phenoxy) is 2. The van der Waals surface area contributed by atoms with E-state index in [2.05, 4.69) is 0 Å². The molecule has 1 heterocycles. The van der Waals surface area contributed by atoms with E-state index in [0.717, 1.165) is 36.3 Å². The lowest BCUT2D eigenvalue weighted by Gasteiger charge is -2.24. The maximum absolute atomic E-state index is 10.5. The zero-order valence-electron chi connectivity index (χ0n) is 13.4. The predicted molar refractivity (Wildman–Crippen MR) is 94.3 cm³/mol. The van der Waals surface area contributed by atoms with Crippen LogP contribution in [0.3, 0.4) is 0 Å². The summed E-state index contributed by atoms with van der Waals surface area (Å²) in [5, 5.41) is 11.2. The van der Waals surface area contributed by atoms with Gasteiger partial charge in [0.15, 0.2) is 0 Å². The lowest BCUT2D eigenvalue weighted by atomic mass is 9.96. The second-order valence-electron chi connectivity index (χ2n) is 6.05. The summed E-state index contributed by atoms with van der Waals surface area (Å²) in [6.45, 7) is 1.44. The minimum atomic E-state index is -0.793. The molecule has 2 aromatic carbocycles. The summed E-state index contributed by atoms with van der Waals surface area (Å²) in [4.78, 5) is 0. The maximum Gasteiger partial charge on any atom is 0.122 e. The standard InChI is InChI=1S/C19H22ClNO3/c20-15-7-3-13(4-8-15)18(21)19(22)14-5-9-16(10-6-14)24-17-2-1-11-23-12-17/h3-10,17-19,22H,1-2,11-12,21H2. The lowest BCUT2D eigenvalue weighted by molar-refractivity contribution is 0.00740. The van der Waals surface area contributed by atoms with Gasteiger partial charge in [0.1, 0.15) is 11.9 Å². The molecule has 1 saturated heterocycles. The Balaban J connectivity index is 1.64. The van der Waals surface area contributed by atoms with E-state index in [4.69, 9.17) is 26.8 Å². The van der Waals surface area contributed by atoms with Crippen molar-refractivity contribution in [3.8, 4) is 5.75 Å². The van der Waals surface area contributed by atoms with E-state index in [1.54, 1.807) is 12.1 Å². The molecule has 0 aromatic heterocycles. The van der Waals surface area contributed by atoms with Gasteiger partial charge in [-0.25, -0.2) is 0 Å². The fourth-order valence-electron chi connectivity index (χ4n) is 2.81. The SMILES string of the molecule is NC(c1ccc(Cl)cc1)C(O)c1ccc(OC2CCCOC2)cc1. The van der Waals surface area contributed by atoms with Crippen LogP contribution >= 0.6 is 11.6 Å². The van der Waals surface area contributed by atoms with E-state index in [0.29, 0.717) is 11.6 Å². The number of rotatable bonds is 5. The summed E-state index contributed by atoms with van der Waals surface area (Å²) in [7, 11) is 0. The van der Waals surface area contributed by atoms with Crippen LogP contribution in [0.1, 0.15) is 36.1 Å². The number of aliphatic hydroxyl groups excluding tert-OH is 1. The van der Waals surface area contributed by atoms with Crippen LogP contribution < -0.4 is 10.5 Å². The maximum atomic E-state index is 10.5. The van der Waals surface area contributed by atoms with Crippen LogP contribution in [-0.4, -0.2) is 24.4 Å². The Morgan fingerprint density at radius 2 is 1.75 bits per heavy atom. The van der Waals surface area contributed by atoms with E-state index < -0.39 is 12.1 Å². The summed E-state index contributed by atoms with van der Waals surface area (Å²) in [6, 6.07) is 14.1. The molecule has 3 atom stereocenters. The molecule has 0 saturated carbocycles. The molecular formula is C19H22ClNO3. The summed E-state index contributed by atoms with van der Waals surface area (Å²) < 4.78 is 11.3. The zero-order valence-corrected chi connectivity index (χ0v) is 14.2. The number of hydrogen-bond acceptors (Lipinski definition) is 4. The van der Waals surface area contributed by atoms with Gasteiger partial charge in [-0.2, -0.15) is 0 Å². The van der Waals surface area contributed by atoms with E-state index in [1.807, 2.05) is 36.4 Å². The highest BCUT2D eigenvalue weighted by Gasteiger charge is 2.19. The highest BCUT2D eigenvalue weighted by Crippen LogP contribution is 2.29. The van der Waals surface area contributed by atoms with Crippen LogP contribution in [0.4, 0.5) is 0 Å². The Labute approximate surface area is 147 Å². The van der Waals surface area contributed by atoms with Gasteiger partial charge < -0.3 is 20.3 Å². The van der Waals surface area contributed by atoms with Crippen molar-refractivity contribution < 1.29 is 14.6 Å². The summed E-state index contributed by atoms with van der Waals surface area (Å²) in [5.41, 5.74) is 7.76. The molecule has 128 valence electrons. The average Bonchev–Trinajstić information content (AvgIpc) is 2.63. The second-order valence-corrected chi connectivity index (χ2v) is 6.48. The Morgan fingerprint density at radius 3 is 2.38 bits per heavy atom. The van der Waals surface area contributed by atoms with E-state index in [1.165, 1.54) is 0 Å². The number of halogens is 1. The van der Waals surface area contributed by atoms with Gasteiger partial charge >= 0.3 is 0 Å². The largest absolute Gasteiger partial charge is 0.488 e. The zero-order chi connectivity index (χ0) is 16.9.